The molecule has 3 N–H and O–H groups in total. The van der Waals surface area contributed by atoms with Crippen LogP contribution >= 0.6 is 0 Å². The van der Waals surface area contributed by atoms with E-state index < -0.39 is 0 Å². The summed E-state index contributed by atoms with van der Waals surface area (Å²) in [5.74, 6) is 2.42. The second-order valence-corrected chi connectivity index (χ2v) is 5.93. The Hall–Kier alpha value is -2.50. The minimum absolute atomic E-state index is 0.0701. The molecule has 0 spiro atoms. The number of hydrogen-bond acceptors (Lipinski definition) is 4. The van der Waals surface area contributed by atoms with Gasteiger partial charge in [-0.3, -0.25) is 0 Å². The third-order valence-corrected chi connectivity index (χ3v) is 3.02. The number of oxazole rings is 1. The summed E-state index contributed by atoms with van der Waals surface area (Å²) in [6.45, 7) is 6.50. The Balaban J connectivity index is 1.99. The van der Waals surface area contributed by atoms with Crippen molar-refractivity contribution in [2.75, 3.05) is 12.4 Å². The van der Waals surface area contributed by atoms with Crippen molar-refractivity contribution in [3.05, 3.63) is 42.1 Å². The van der Waals surface area contributed by atoms with Crippen LogP contribution < -0.4 is 15.8 Å². The minimum atomic E-state index is -0.0701. The number of benzene rings is 1. The lowest BCUT2D eigenvalue weighted by Crippen LogP contribution is -2.22. The van der Waals surface area contributed by atoms with Crippen molar-refractivity contribution < 1.29 is 9.15 Å². The molecule has 0 aliphatic carbocycles. The number of nitrogens with two attached hydrogens (primary N) is 1. The van der Waals surface area contributed by atoms with Crippen molar-refractivity contribution in [2.24, 2.45) is 10.7 Å². The van der Waals surface area contributed by atoms with Gasteiger partial charge >= 0.3 is 0 Å². The Bertz CT molecular complexity index is 656. The number of nitrogens with zero attached hydrogens (tertiary/aromatic N) is 2. The van der Waals surface area contributed by atoms with Crippen molar-refractivity contribution >= 4 is 11.6 Å². The molecule has 0 amide bonds. The number of guanidine groups is 1. The SMILES string of the molecule is COc1cccc(NC(N)=NCc2ncc(C(C)(C)C)o2)c1. The molecule has 0 fully saturated rings. The second kappa shape index (κ2) is 6.51. The van der Waals surface area contributed by atoms with Gasteiger partial charge in [-0.1, -0.05) is 26.8 Å². The summed E-state index contributed by atoms with van der Waals surface area (Å²) in [6, 6.07) is 7.45. The molecule has 0 atom stereocenters. The highest BCUT2D eigenvalue weighted by Crippen LogP contribution is 2.22. The van der Waals surface area contributed by atoms with Crippen LogP contribution in [-0.4, -0.2) is 18.1 Å². The van der Waals surface area contributed by atoms with Gasteiger partial charge in [0, 0.05) is 17.2 Å². The van der Waals surface area contributed by atoms with Crippen LogP contribution in [0.2, 0.25) is 0 Å². The Morgan fingerprint density at radius 1 is 1.41 bits per heavy atom. The van der Waals surface area contributed by atoms with E-state index in [0.717, 1.165) is 17.2 Å². The zero-order valence-electron chi connectivity index (χ0n) is 13.4. The molecule has 2 rings (SSSR count). The predicted octanol–water partition coefficient (Wildman–Crippen LogP) is 2.91. The molecule has 2 aromatic rings. The minimum Gasteiger partial charge on any atom is -0.497 e. The average molecular weight is 302 g/mol. The molecular weight excluding hydrogens is 280 g/mol. The van der Waals surface area contributed by atoms with Crippen LogP contribution in [0.5, 0.6) is 5.75 Å². The Morgan fingerprint density at radius 2 is 2.18 bits per heavy atom. The van der Waals surface area contributed by atoms with Crippen molar-refractivity contribution in [3.63, 3.8) is 0 Å². The van der Waals surface area contributed by atoms with Gasteiger partial charge in [0.25, 0.3) is 0 Å². The summed E-state index contributed by atoms with van der Waals surface area (Å²) in [7, 11) is 1.62. The van der Waals surface area contributed by atoms with E-state index in [-0.39, 0.29) is 5.41 Å². The van der Waals surface area contributed by atoms with Gasteiger partial charge in [-0.2, -0.15) is 0 Å². The van der Waals surface area contributed by atoms with Gasteiger partial charge in [0.05, 0.1) is 13.3 Å². The largest absolute Gasteiger partial charge is 0.497 e. The average Bonchev–Trinajstić information content (AvgIpc) is 2.94. The van der Waals surface area contributed by atoms with E-state index in [1.807, 2.05) is 24.3 Å². The van der Waals surface area contributed by atoms with E-state index in [1.165, 1.54) is 0 Å². The fourth-order valence-corrected chi connectivity index (χ4v) is 1.77. The third kappa shape index (κ3) is 4.25. The second-order valence-electron chi connectivity index (χ2n) is 5.93. The summed E-state index contributed by atoms with van der Waals surface area (Å²) in [5, 5.41) is 3.00. The van der Waals surface area contributed by atoms with E-state index in [1.54, 1.807) is 13.3 Å². The number of methoxy groups -OCH3 is 1. The molecule has 0 bridgehead atoms. The number of ether oxygens (including phenoxy) is 1. The maximum atomic E-state index is 5.87. The fourth-order valence-electron chi connectivity index (χ4n) is 1.77. The number of anilines is 1. The monoisotopic (exact) mass is 302 g/mol. The zero-order chi connectivity index (χ0) is 16.2. The molecular formula is C16H22N4O2. The smallest absolute Gasteiger partial charge is 0.216 e. The predicted molar refractivity (Wildman–Crippen MR) is 87.1 cm³/mol. The van der Waals surface area contributed by atoms with Crippen molar-refractivity contribution in [2.45, 2.75) is 32.7 Å². The summed E-state index contributed by atoms with van der Waals surface area (Å²) in [6.07, 6.45) is 1.73. The number of aliphatic imine (C=N–C) groups is 1. The standard InChI is InChI=1S/C16H22N4O2/c1-16(2,3)13-9-18-14(22-13)10-19-15(17)20-11-6-5-7-12(8-11)21-4/h5-9H,10H2,1-4H3,(H3,17,19,20). The summed E-state index contributed by atoms with van der Waals surface area (Å²) >= 11 is 0. The first-order valence-corrected chi connectivity index (χ1v) is 7.04. The van der Waals surface area contributed by atoms with Gasteiger partial charge in [0.1, 0.15) is 18.1 Å². The van der Waals surface area contributed by atoms with E-state index >= 15 is 0 Å². The highest BCUT2D eigenvalue weighted by Gasteiger charge is 2.18. The molecule has 0 saturated carbocycles. The molecule has 6 nitrogen and oxygen atoms in total. The van der Waals surface area contributed by atoms with Gasteiger partial charge < -0.3 is 20.2 Å². The lowest BCUT2D eigenvalue weighted by atomic mass is 9.94. The third-order valence-electron chi connectivity index (χ3n) is 3.02. The topological polar surface area (TPSA) is 85.7 Å². The van der Waals surface area contributed by atoms with Crippen LogP contribution in [0.4, 0.5) is 5.69 Å². The first-order chi connectivity index (χ1) is 10.4. The zero-order valence-corrected chi connectivity index (χ0v) is 13.4. The summed E-state index contributed by atoms with van der Waals surface area (Å²) in [4.78, 5) is 8.44. The Morgan fingerprint density at radius 3 is 2.82 bits per heavy atom. The molecule has 0 aliphatic heterocycles. The van der Waals surface area contributed by atoms with Crippen molar-refractivity contribution in [1.82, 2.24) is 4.98 Å². The number of aromatic nitrogens is 1. The maximum Gasteiger partial charge on any atom is 0.216 e. The number of nitrogens with one attached hydrogen (secondary N) is 1. The van der Waals surface area contributed by atoms with Gasteiger partial charge in [0.15, 0.2) is 5.96 Å². The van der Waals surface area contributed by atoms with E-state index in [2.05, 4.69) is 36.1 Å². The maximum absolute atomic E-state index is 5.87. The van der Waals surface area contributed by atoms with Crippen LogP contribution in [0.3, 0.4) is 0 Å². The molecule has 0 saturated heterocycles. The lowest BCUT2D eigenvalue weighted by Gasteiger charge is -2.12. The van der Waals surface area contributed by atoms with Gasteiger partial charge in [-0.05, 0) is 12.1 Å². The van der Waals surface area contributed by atoms with E-state index in [9.17, 15) is 0 Å². The molecule has 1 aromatic carbocycles. The van der Waals surface area contributed by atoms with Crippen LogP contribution in [0.25, 0.3) is 0 Å². The highest BCUT2D eigenvalue weighted by molar-refractivity contribution is 5.92. The van der Waals surface area contributed by atoms with Crippen LogP contribution in [0.15, 0.2) is 39.9 Å². The first kappa shape index (κ1) is 15.9. The van der Waals surface area contributed by atoms with Gasteiger partial charge in [0.2, 0.25) is 5.89 Å². The molecule has 6 heteroatoms. The molecule has 0 unspecified atom stereocenters. The van der Waals surface area contributed by atoms with E-state index in [0.29, 0.717) is 18.4 Å². The van der Waals surface area contributed by atoms with Gasteiger partial charge in [-0.15, -0.1) is 0 Å². The van der Waals surface area contributed by atoms with Crippen LogP contribution in [0, 0.1) is 0 Å². The molecule has 0 radical (unpaired) electrons. The molecule has 22 heavy (non-hydrogen) atoms. The quantitative estimate of drug-likeness (QED) is 0.670. The van der Waals surface area contributed by atoms with Crippen molar-refractivity contribution in [3.8, 4) is 5.75 Å². The van der Waals surface area contributed by atoms with Crippen LogP contribution in [-0.2, 0) is 12.0 Å². The van der Waals surface area contributed by atoms with Crippen LogP contribution in [0.1, 0.15) is 32.4 Å². The number of hydrogen-bond donors (Lipinski definition) is 2. The summed E-state index contributed by atoms with van der Waals surface area (Å²) < 4.78 is 10.8. The molecule has 0 aliphatic rings. The first-order valence-electron chi connectivity index (χ1n) is 7.04. The lowest BCUT2D eigenvalue weighted by molar-refractivity contribution is 0.383. The molecule has 1 aromatic heterocycles. The van der Waals surface area contributed by atoms with E-state index in [4.69, 9.17) is 14.9 Å². The Labute approximate surface area is 130 Å². The van der Waals surface area contributed by atoms with Gasteiger partial charge in [-0.25, -0.2) is 9.98 Å². The summed E-state index contributed by atoms with van der Waals surface area (Å²) in [5.41, 5.74) is 6.60. The fraction of sp³-hybridized carbons (Fsp3) is 0.375. The molecule has 118 valence electrons. The Kier molecular flexibility index (Phi) is 4.70. The number of rotatable bonds is 4. The van der Waals surface area contributed by atoms with Crippen molar-refractivity contribution in [1.29, 1.82) is 0 Å². The highest BCUT2D eigenvalue weighted by atomic mass is 16.5. The molecule has 1 heterocycles. The normalized spacial score (nSPS) is 12.3.